The van der Waals surface area contributed by atoms with Crippen molar-refractivity contribution in [2.45, 2.75) is 226 Å². The van der Waals surface area contributed by atoms with E-state index >= 15 is 0 Å². The van der Waals surface area contributed by atoms with E-state index in [9.17, 15) is 9.59 Å². The Balaban J connectivity index is 2.33. The Hall–Kier alpha value is -1.97. The number of benzene rings is 1. The fourth-order valence-electron chi connectivity index (χ4n) is 6.66. The number of carbonyl (C=O) groups is 2. The molecule has 0 bridgehead atoms. The summed E-state index contributed by atoms with van der Waals surface area (Å²) in [7, 11) is 0. The highest BCUT2D eigenvalue weighted by Gasteiger charge is 2.47. The zero-order chi connectivity index (χ0) is 38.5. The monoisotopic (exact) mass is 757 g/mol. The molecule has 304 valence electrons. The number of carbonyl (C=O) groups excluding carboxylic acids is 2. The van der Waals surface area contributed by atoms with Gasteiger partial charge >= 0.3 is 15.1 Å². The Labute approximate surface area is 332 Å². The summed E-state index contributed by atoms with van der Waals surface area (Å²) in [4.78, 5) is 25.7. The Kier molecular flexibility index (Phi) is 34.2. The number of hydrogen-bond donors (Lipinski definition) is 0. The maximum absolute atomic E-state index is 12.9. The minimum absolute atomic E-state index is 0.301. The molecule has 0 amide bonds. The van der Waals surface area contributed by atoms with E-state index in [0.717, 1.165) is 44.1 Å². The number of rotatable bonds is 39. The molecule has 0 saturated carbocycles. The van der Waals surface area contributed by atoms with Gasteiger partial charge in [-0.25, -0.2) is 0 Å². The second kappa shape index (κ2) is 37.0. The summed E-state index contributed by atoms with van der Waals surface area (Å²) in [6, 6.07) is 7.21. The van der Waals surface area contributed by atoms with Crippen LogP contribution in [0.4, 0.5) is 0 Å². The minimum Gasteiger partial charge on any atom is -0.575 e. The Morgan fingerprint density at radius 3 is 1.11 bits per heavy atom. The summed E-state index contributed by atoms with van der Waals surface area (Å²) in [6.45, 7) is 10.7. The molecule has 1 aromatic carbocycles. The van der Waals surface area contributed by atoms with Crippen LogP contribution in [-0.4, -0.2) is 33.7 Å². The van der Waals surface area contributed by atoms with Crippen LogP contribution in [0.1, 0.15) is 226 Å². The van der Waals surface area contributed by atoms with Gasteiger partial charge in [-0.05, 0) is 37.5 Å². The van der Waals surface area contributed by atoms with Gasteiger partial charge in [0, 0.05) is 12.8 Å². The Morgan fingerprint density at radius 1 is 0.491 bits per heavy atom. The molecule has 6 nitrogen and oxygen atoms in total. The highest BCUT2D eigenvalue weighted by Crippen LogP contribution is 2.28. The zero-order valence-electron chi connectivity index (χ0n) is 34.9. The van der Waals surface area contributed by atoms with Crippen molar-refractivity contribution in [3.05, 3.63) is 36.4 Å². The molecule has 0 radical (unpaired) electrons. The fraction of sp³-hybridized carbons (Fsp3) is 0.783. The average Bonchev–Trinajstić information content (AvgIpc) is 3.14. The van der Waals surface area contributed by atoms with E-state index in [0.29, 0.717) is 30.9 Å². The van der Waals surface area contributed by atoms with Crippen LogP contribution in [0.2, 0.25) is 0 Å². The molecule has 0 atom stereocenters. The molecule has 0 aliphatic carbocycles. The molecule has 0 aliphatic rings. The summed E-state index contributed by atoms with van der Waals surface area (Å²) in [6.07, 6.45) is 38.7. The lowest BCUT2D eigenvalue weighted by Gasteiger charge is -2.17. The molecular weight excluding hydrogens is 675 g/mol. The molecule has 0 saturated heterocycles. The summed E-state index contributed by atoms with van der Waals surface area (Å²) in [5.74, 6) is 0.183. The molecular formula is C46H81AlO6. The molecule has 0 aromatic heterocycles. The molecule has 0 unspecified atom stereocenters. The first kappa shape index (κ1) is 49.1. The molecule has 1 aromatic rings. The maximum atomic E-state index is 12.9. The van der Waals surface area contributed by atoms with Crippen molar-refractivity contribution in [2.24, 2.45) is 0 Å². The first-order valence-electron chi connectivity index (χ1n) is 22.4. The highest BCUT2D eigenvalue weighted by molar-refractivity contribution is 6.42. The third kappa shape index (κ3) is 32.0. The van der Waals surface area contributed by atoms with Crippen LogP contribution >= 0.6 is 0 Å². The van der Waals surface area contributed by atoms with Crippen molar-refractivity contribution in [1.29, 1.82) is 0 Å². The van der Waals surface area contributed by atoms with Gasteiger partial charge in [-0.15, -0.1) is 0 Å². The van der Waals surface area contributed by atoms with E-state index in [1.165, 1.54) is 154 Å². The van der Waals surface area contributed by atoms with Gasteiger partial charge in [-0.1, -0.05) is 212 Å². The van der Waals surface area contributed by atoms with Crippen molar-refractivity contribution in [3.8, 4) is 11.5 Å². The van der Waals surface area contributed by atoms with Crippen LogP contribution < -0.4 is 8.53 Å². The van der Waals surface area contributed by atoms with Gasteiger partial charge in [-0.3, -0.25) is 9.59 Å². The predicted molar refractivity (Wildman–Crippen MR) is 224 cm³/mol. The summed E-state index contributed by atoms with van der Waals surface area (Å²) >= 11 is -3.14. The van der Waals surface area contributed by atoms with Crippen LogP contribution in [0.15, 0.2) is 36.4 Å². The maximum Gasteiger partial charge on any atom is 1.20 e. The lowest BCUT2D eigenvalue weighted by atomic mass is 10.0. The van der Waals surface area contributed by atoms with E-state index in [4.69, 9.17) is 16.1 Å². The van der Waals surface area contributed by atoms with E-state index < -0.39 is 15.1 Å². The lowest BCUT2D eigenvalue weighted by Crippen LogP contribution is -2.35. The van der Waals surface area contributed by atoms with E-state index in [-0.39, 0.29) is 11.9 Å². The quantitative estimate of drug-likeness (QED) is 0.0378. The number of ether oxygens (including phenoxy) is 1. The van der Waals surface area contributed by atoms with Gasteiger partial charge in [0.25, 0.3) is 11.9 Å². The SMILES string of the molecule is C=C(C)COc1ccccc1[O][Al]([O]C(=O)CCCCCCCCCCCCCCCCC)[O]C(=O)CCCCCCCCCCCCCCCCC. The fourth-order valence-corrected chi connectivity index (χ4v) is 7.87. The van der Waals surface area contributed by atoms with Crippen molar-refractivity contribution in [2.75, 3.05) is 6.61 Å². The minimum atomic E-state index is -3.14. The topological polar surface area (TPSA) is 71.1 Å². The van der Waals surface area contributed by atoms with E-state index in [1.54, 1.807) is 12.1 Å². The molecule has 7 heteroatoms. The zero-order valence-corrected chi connectivity index (χ0v) is 36.0. The summed E-state index contributed by atoms with van der Waals surface area (Å²) < 4.78 is 23.4. The normalized spacial score (nSPS) is 11.0. The summed E-state index contributed by atoms with van der Waals surface area (Å²) in [5.41, 5.74) is 0.874. The predicted octanol–water partition coefficient (Wildman–Crippen LogP) is 14.6. The Bertz CT molecular complexity index is 965. The average molecular weight is 757 g/mol. The molecule has 0 aliphatic heterocycles. The van der Waals surface area contributed by atoms with Crippen molar-refractivity contribution < 1.29 is 25.7 Å². The van der Waals surface area contributed by atoms with Crippen molar-refractivity contribution in [3.63, 3.8) is 0 Å². The van der Waals surface area contributed by atoms with Crippen LogP contribution in [0.5, 0.6) is 11.5 Å². The largest absolute Gasteiger partial charge is 1.20 e. The van der Waals surface area contributed by atoms with Crippen LogP contribution in [0.3, 0.4) is 0 Å². The number of unbranched alkanes of at least 4 members (excludes halogenated alkanes) is 28. The van der Waals surface area contributed by atoms with Gasteiger partial charge in [0.15, 0.2) is 5.75 Å². The standard InChI is InChI=1S/2C18H36O2.C10H12O2.Al/c2*1-2-3-4-5-6-7-8-9-10-11-12-13-14-15-16-17-18(19)20;1-8(2)7-12-10-6-4-3-5-9(10)11;/h2*2-17H2,1H3,(H,19,20);3-6,11H,1,7H2,2H3;/q;;;+3/p-3. The first-order valence-corrected chi connectivity index (χ1v) is 23.8. The first-order chi connectivity index (χ1) is 26.0. The second-order valence-corrected chi connectivity index (χ2v) is 16.8. The van der Waals surface area contributed by atoms with Gasteiger partial charge in [0.05, 0.1) is 0 Å². The molecule has 1 rings (SSSR count). The molecule has 0 fully saturated rings. The van der Waals surface area contributed by atoms with E-state index in [1.807, 2.05) is 19.1 Å². The molecule has 0 heterocycles. The third-order valence-electron chi connectivity index (χ3n) is 9.97. The van der Waals surface area contributed by atoms with Crippen LogP contribution in [0.25, 0.3) is 0 Å². The van der Waals surface area contributed by atoms with Crippen LogP contribution in [0, 0.1) is 0 Å². The van der Waals surface area contributed by atoms with Crippen molar-refractivity contribution >= 4 is 27.1 Å². The molecule has 53 heavy (non-hydrogen) atoms. The summed E-state index contributed by atoms with van der Waals surface area (Å²) in [5, 5.41) is 0. The smallest absolute Gasteiger partial charge is 0.575 e. The van der Waals surface area contributed by atoms with Gasteiger partial charge < -0.3 is 16.1 Å². The Morgan fingerprint density at radius 2 is 0.792 bits per heavy atom. The van der Waals surface area contributed by atoms with Gasteiger partial charge in [0.2, 0.25) is 0 Å². The number of para-hydroxylation sites is 2. The molecule has 0 spiro atoms. The second-order valence-electron chi connectivity index (χ2n) is 15.5. The van der Waals surface area contributed by atoms with Gasteiger partial charge in [-0.2, -0.15) is 0 Å². The highest BCUT2D eigenvalue weighted by atomic mass is 27.3. The van der Waals surface area contributed by atoms with E-state index in [2.05, 4.69) is 20.4 Å². The third-order valence-corrected chi connectivity index (χ3v) is 11.3. The van der Waals surface area contributed by atoms with Crippen molar-refractivity contribution in [1.82, 2.24) is 0 Å². The number of hydrogen-bond acceptors (Lipinski definition) is 6. The molecule has 0 N–H and O–H groups in total. The lowest BCUT2D eigenvalue weighted by molar-refractivity contribution is -0.142. The van der Waals surface area contributed by atoms with Crippen LogP contribution in [-0.2, 0) is 17.2 Å². The van der Waals surface area contributed by atoms with Gasteiger partial charge in [0.1, 0.15) is 12.4 Å².